The summed E-state index contributed by atoms with van der Waals surface area (Å²) < 4.78 is 16.6. The number of amides is 1. The Balaban J connectivity index is 1.69. The number of thioether (sulfide) groups is 1. The van der Waals surface area contributed by atoms with Crippen LogP contribution in [0.25, 0.3) is 0 Å². The van der Waals surface area contributed by atoms with Crippen LogP contribution in [0.4, 0.5) is 5.69 Å². The van der Waals surface area contributed by atoms with E-state index in [9.17, 15) is 4.79 Å². The van der Waals surface area contributed by atoms with Gasteiger partial charge in [0, 0.05) is 23.1 Å². The predicted octanol–water partition coefficient (Wildman–Crippen LogP) is 5.64. The first-order valence-electron chi connectivity index (χ1n) is 10.7. The summed E-state index contributed by atoms with van der Waals surface area (Å²) in [5, 5.41) is -0.0430. The second-order valence-electron chi connectivity index (χ2n) is 7.89. The van der Waals surface area contributed by atoms with E-state index in [1.54, 1.807) is 33.1 Å². The van der Waals surface area contributed by atoms with Crippen LogP contribution < -0.4 is 19.1 Å². The van der Waals surface area contributed by atoms with E-state index >= 15 is 0 Å². The Kier molecular flexibility index (Phi) is 6.76. The van der Waals surface area contributed by atoms with Gasteiger partial charge in [0.2, 0.25) is 11.7 Å². The Labute approximate surface area is 188 Å². The van der Waals surface area contributed by atoms with Crippen LogP contribution in [0.5, 0.6) is 17.2 Å². The maximum atomic E-state index is 13.5. The highest BCUT2D eigenvalue weighted by Crippen LogP contribution is 2.49. The number of hydrogen-bond acceptors (Lipinski definition) is 5. The lowest BCUT2D eigenvalue weighted by Gasteiger charge is -2.28. The van der Waals surface area contributed by atoms with Gasteiger partial charge in [-0.2, -0.15) is 0 Å². The number of anilines is 1. The molecule has 2 aromatic rings. The molecule has 0 saturated carbocycles. The zero-order valence-electron chi connectivity index (χ0n) is 18.3. The van der Waals surface area contributed by atoms with Crippen molar-refractivity contribution in [3.05, 3.63) is 54.1 Å². The van der Waals surface area contributed by atoms with Gasteiger partial charge in [-0.25, -0.2) is 0 Å². The molecule has 0 aromatic heterocycles. The number of allylic oxidation sites excluding steroid dienone is 2. The van der Waals surface area contributed by atoms with Crippen molar-refractivity contribution in [3.8, 4) is 17.2 Å². The highest BCUT2D eigenvalue weighted by molar-refractivity contribution is 7.99. The maximum Gasteiger partial charge on any atom is 0.228 e. The summed E-state index contributed by atoms with van der Waals surface area (Å²) in [5.74, 6) is 2.43. The van der Waals surface area contributed by atoms with Crippen molar-refractivity contribution in [2.24, 2.45) is 5.92 Å². The Morgan fingerprint density at radius 1 is 1.03 bits per heavy atom. The number of carbonyl (C=O) groups excluding carboxylic acids is 1. The highest BCUT2D eigenvalue weighted by Gasteiger charge is 2.31. The monoisotopic (exact) mass is 439 g/mol. The molecule has 31 heavy (non-hydrogen) atoms. The Bertz CT molecular complexity index is 949. The smallest absolute Gasteiger partial charge is 0.228 e. The lowest BCUT2D eigenvalue weighted by molar-refractivity contribution is -0.118. The molecule has 1 amide bonds. The number of carbonyl (C=O) groups is 1. The minimum absolute atomic E-state index is 0.0430. The van der Waals surface area contributed by atoms with Crippen molar-refractivity contribution < 1.29 is 19.0 Å². The fourth-order valence-electron chi connectivity index (χ4n) is 4.33. The van der Waals surface area contributed by atoms with Gasteiger partial charge in [-0.05, 0) is 55.0 Å². The fourth-order valence-corrected chi connectivity index (χ4v) is 5.59. The van der Waals surface area contributed by atoms with Crippen LogP contribution in [0.3, 0.4) is 0 Å². The van der Waals surface area contributed by atoms with Gasteiger partial charge in [-0.3, -0.25) is 4.79 Å². The number of hydrogen-bond donors (Lipinski definition) is 0. The van der Waals surface area contributed by atoms with Crippen LogP contribution >= 0.6 is 11.8 Å². The molecule has 0 fully saturated rings. The van der Waals surface area contributed by atoms with Crippen molar-refractivity contribution in [1.29, 1.82) is 0 Å². The quantitative estimate of drug-likeness (QED) is 0.545. The number of rotatable bonds is 6. The van der Waals surface area contributed by atoms with E-state index in [1.165, 1.54) is 0 Å². The SMILES string of the molecule is COc1cc(C2CC(=O)N(CC3CC=CCC3)c3ccccc3S2)cc(OC)c1OC. The lowest BCUT2D eigenvalue weighted by Crippen LogP contribution is -2.35. The zero-order chi connectivity index (χ0) is 21.8. The molecule has 0 spiro atoms. The van der Waals surface area contributed by atoms with Gasteiger partial charge in [0.1, 0.15) is 0 Å². The normalized spacial score (nSPS) is 20.7. The third-order valence-corrected chi connectivity index (χ3v) is 7.29. The number of ether oxygens (including phenoxy) is 3. The van der Waals surface area contributed by atoms with E-state index in [4.69, 9.17) is 14.2 Å². The predicted molar refractivity (Wildman–Crippen MR) is 125 cm³/mol. The third-order valence-electron chi connectivity index (χ3n) is 5.96. The third kappa shape index (κ3) is 4.54. The summed E-state index contributed by atoms with van der Waals surface area (Å²) in [4.78, 5) is 16.6. The number of nitrogens with zero attached hydrogens (tertiary/aromatic N) is 1. The molecule has 1 aliphatic heterocycles. The lowest BCUT2D eigenvalue weighted by atomic mass is 9.93. The highest BCUT2D eigenvalue weighted by atomic mass is 32.2. The van der Waals surface area contributed by atoms with E-state index in [1.807, 2.05) is 29.2 Å². The fraction of sp³-hybridized carbons (Fsp3) is 0.400. The molecule has 2 atom stereocenters. The molecule has 6 heteroatoms. The molecule has 0 radical (unpaired) electrons. The summed E-state index contributed by atoms with van der Waals surface area (Å²) in [6, 6.07) is 12.1. The number of para-hydroxylation sites is 1. The Morgan fingerprint density at radius 3 is 2.42 bits per heavy atom. The standard InChI is InChI=1S/C25H29NO4S/c1-28-20-13-18(14-21(29-2)25(20)30-3)23-15-24(27)26(16-17-9-5-4-6-10-17)19-11-7-8-12-22(19)31-23/h4-5,7-8,11-14,17,23H,6,9-10,15-16H2,1-3H3. The summed E-state index contributed by atoms with van der Waals surface area (Å²) in [5.41, 5.74) is 2.01. The molecular formula is C25H29NO4S. The summed E-state index contributed by atoms with van der Waals surface area (Å²) in [7, 11) is 4.82. The molecule has 4 rings (SSSR count). The minimum atomic E-state index is -0.0430. The number of benzene rings is 2. The van der Waals surface area contributed by atoms with Gasteiger partial charge in [-0.15, -0.1) is 11.8 Å². The molecule has 2 aromatic carbocycles. The second-order valence-corrected chi connectivity index (χ2v) is 9.14. The largest absolute Gasteiger partial charge is 0.493 e. The van der Waals surface area contributed by atoms with Crippen molar-refractivity contribution in [1.82, 2.24) is 0 Å². The van der Waals surface area contributed by atoms with Crippen LogP contribution in [0.1, 0.15) is 36.5 Å². The zero-order valence-corrected chi connectivity index (χ0v) is 19.1. The Morgan fingerprint density at radius 2 is 1.77 bits per heavy atom. The van der Waals surface area contributed by atoms with Crippen LogP contribution in [-0.2, 0) is 4.79 Å². The van der Waals surface area contributed by atoms with Crippen LogP contribution in [0.15, 0.2) is 53.4 Å². The van der Waals surface area contributed by atoms with Gasteiger partial charge < -0.3 is 19.1 Å². The van der Waals surface area contributed by atoms with Crippen molar-refractivity contribution in [2.45, 2.75) is 35.8 Å². The average Bonchev–Trinajstić information content (AvgIpc) is 2.95. The van der Waals surface area contributed by atoms with E-state index in [-0.39, 0.29) is 11.2 Å². The molecular weight excluding hydrogens is 410 g/mol. The molecule has 1 aliphatic carbocycles. The topological polar surface area (TPSA) is 48.0 Å². The molecule has 0 saturated heterocycles. The molecule has 0 N–H and O–H groups in total. The number of methoxy groups -OCH3 is 3. The molecule has 2 aliphatic rings. The van der Waals surface area contributed by atoms with Crippen molar-refractivity contribution >= 4 is 23.4 Å². The summed E-state index contributed by atoms with van der Waals surface area (Å²) in [6.45, 7) is 0.767. The molecule has 2 unspecified atom stereocenters. The second kappa shape index (κ2) is 9.69. The van der Waals surface area contributed by atoms with Gasteiger partial charge in [0.25, 0.3) is 0 Å². The van der Waals surface area contributed by atoms with Crippen molar-refractivity contribution in [3.63, 3.8) is 0 Å². The van der Waals surface area contributed by atoms with Gasteiger partial charge in [-0.1, -0.05) is 24.3 Å². The van der Waals surface area contributed by atoms with E-state index in [0.29, 0.717) is 29.6 Å². The van der Waals surface area contributed by atoms with Gasteiger partial charge in [0.15, 0.2) is 11.5 Å². The first kappa shape index (κ1) is 21.6. The maximum absolute atomic E-state index is 13.5. The van der Waals surface area contributed by atoms with Gasteiger partial charge >= 0.3 is 0 Å². The van der Waals surface area contributed by atoms with Gasteiger partial charge in [0.05, 0.1) is 27.0 Å². The van der Waals surface area contributed by atoms with Crippen LogP contribution in [0.2, 0.25) is 0 Å². The summed E-state index contributed by atoms with van der Waals surface area (Å²) in [6.07, 6.45) is 8.17. The number of fused-ring (bicyclic) bond motifs is 1. The van der Waals surface area contributed by atoms with E-state index in [2.05, 4.69) is 24.3 Å². The van der Waals surface area contributed by atoms with Crippen LogP contribution in [-0.4, -0.2) is 33.8 Å². The first-order valence-corrected chi connectivity index (χ1v) is 11.5. The molecule has 5 nitrogen and oxygen atoms in total. The average molecular weight is 440 g/mol. The van der Waals surface area contributed by atoms with Crippen LogP contribution in [0, 0.1) is 5.92 Å². The summed E-state index contributed by atoms with van der Waals surface area (Å²) >= 11 is 1.72. The minimum Gasteiger partial charge on any atom is -0.493 e. The molecule has 164 valence electrons. The molecule has 0 bridgehead atoms. The first-order chi connectivity index (χ1) is 15.1. The van der Waals surface area contributed by atoms with E-state index in [0.717, 1.165) is 42.0 Å². The molecule has 1 heterocycles. The van der Waals surface area contributed by atoms with E-state index < -0.39 is 0 Å². The Hall–Kier alpha value is -2.60. The van der Waals surface area contributed by atoms with Crippen molar-refractivity contribution in [2.75, 3.05) is 32.8 Å².